The molecule has 0 heterocycles. The molecule has 13 heavy (non-hydrogen) atoms. The maximum atomic E-state index is 3.52. The molecule has 0 spiro atoms. The third-order valence-electron chi connectivity index (χ3n) is 2.90. The number of alkyl halides is 1. The first-order valence-corrected chi connectivity index (χ1v) is 5.96. The molecule has 1 rings (SSSR count). The Morgan fingerprint density at radius 3 is 2.31 bits per heavy atom. The lowest BCUT2D eigenvalue weighted by Crippen LogP contribution is -2.21. The predicted octanol–water partition coefficient (Wildman–Crippen LogP) is 4.14. The van der Waals surface area contributed by atoms with Crippen molar-refractivity contribution in [2.75, 3.05) is 5.33 Å². The Kier molecular flexibility index (Phi) is 3.98. The van der Waals surface area contributed by atoms with Crippen LogP contribution in [0.2, 0.25) is 0 Å². The van der Waals surface area contributed by atoms with Gasteiger partial charge in [0.25, 0.3) is 0 Å². The Bertz CT molecular complexity index is 243. The molecule has 0 aliphatic rings. The molecule has 72 valence electrons. The fourth-order valence-electron chi connectivity index (χ4n) is 1.57. The molecule has 0 saturated heterocycles. The van der Waals surface area contributed by atoms with E-state index in [9.17, 15) is 0 Å². The smallest absolute Gasteiger partial charge is 0.00396 e. The molecule has 1 atom stereocenters. The van der Waals surface area contributed by atoms with Gasteiger partial charge in [-0.05, 0) is 23.8 Å². The van der Waals surface area contributed by atoms with Gasteiger partial charge in [-0.15, -0.1) is 0 Å². The van der Waals surface area contributed by atoms with Crippen molar-refractivity contribution in [3.8, 4) is 0 Å². The van der Waals surface area contributed by atoms with Gasteiger partial charge in [0.15, 0.2) is 0 Å². The van der Waals surface area contributed by atoms with E-state index in [1.807, 2.05) is 0 Å². The number of hydrogen-bond acceptors (Lipinski definition) is 0. The second kappa shape index (κ2) is 4.80. The topological polar surface area (TPSA) is 0 Å². The first-order valence-electron chi connectivity index (χ1n) is 4.84. The van der Waals surface area contributed by atoms with Crippen LogP contribution >= 0.6 is 15.9 Å². The van der Waals surface area contributed by atoms with Crippen LogP contribution in [0, 0.1) is 0 Å². The molecule has 0 saturated carbocycles. The fraction of sp³-hybridized carbons (Fsp3) is 0.500. The summed E-state index contributed by atoms with van der Waals surface area (Å²) in [4.78, 5) is 0. The molecule has 1 aromatic rings. The molecule has 0 amide bonds. The Morgan fingerprint density at radius 1 is 1.23 bits per heavy atom. The zero-order chi connectivity index (χ0) is 9.73. The van der Waals surface area contributed by atoms with Gasteiger partial charge in [-0.25, -0.2) is 0 Å². The largest absolute Gasteiger partial charge is 0.0928 e. The van der Waals surface area contributed by atoms with Crippen LogP contribution in [-0.2, 0) is 5.41 Å². The maximum absolute atomic E-state index is 3.52. The van der Waals surface area contributed by atoms with Gasteiger partial charge < -0.3 is 0 Å². The van der Waals surface area contributed by atoms with Gasteiger partial charge in [0.05, 0.1) is 0 Å². The average Bonchev–Trinajstić information content (AvgIpc) is 2.19. The molecule has 0 radical (unpaired) electrons. The number of rotatable bonds is 4. The molecule has 0 aliphatic carbocycles. The lowest BCUT2D eigenvalue weighted by Gasteiger charge is -2.28. The van der Waals surface area contributed by atoms with Gasteiger partial charge in [-0.3, -0.25) is 0 Å². The second-order valence-corrected chi connectivity index (χ2v) is 4.51. The van der Waals surface area contributed by atoms with Crippen molar-refractivity contribution >= 4 is 15.9 Å². The van der Waals surface area contributed by atoms with E-state index in [0.717, 1.165) is 5.33 Å². The highest BCUT2D eigenvalue weighted by Crippen LogP contribution is 2.31. The zero-order valence-corrected chi connectivity index (χ0v) is 9.97. The molecule has 0 bridgehead atoms. The highest BCUT2D eigenvalue weighted by molar-refractivity contribution is 9.09. The second-order valence-electron chi connectivity index (χ2n) is 3.72. The summed E-state index contributed by atoms with van der Waals surface area (Å²) in [7, 11) is 0. The summed E-state index contributed by atoms with van der Waals surface area (Å²) in [6, 6.07) is 10.8. The van der Waals surface area contributed by atoms with Crippen molar-refractivity contribution in [2.24, 2.45) is 0 Å². The van der Waals surface area contributed by atoms with E-state index in [4.69, 9.17) is 0 Å². The maximum Gasteiger partial charge on any atom is 0.00396 e. The lowest BCUT2D eigenvalue weighted by atomic mass is 9.78. The summed E-state index contributed by atoms with van der Waals surface area (Å²) in [5.41, 5.74) is 1.79. The van der Waals surface area contributed by atoms with Crippen molar-refractivity contribution < 1.29 is 0 Å². The number of hydrogen-bond donors (Lipinski definition) is 0. The molecule has 1 heteroatoms. The summed E-state index contributed by atoms with van der Waals surface area (Å²) in [5, 5.41) is 1.08. The average molecular weight is 241 g/mol. The third kappa shape index (κ3) is 2.57. The minimum atomic E-state index is 0.338. The minimum Gasteiger partial charge on any atom is -0.0928 e. The number of benzene rings is 1. The highest BCUT2D eigenvalue weighted by atomic mass is 79.9. The molecule has 0 aromatic heterocycles. The third-order valence-corrected chi connectivity index (χ3v) is 3.29. The SMILES string of the molecule is CCC(C)(CCBr)c1ccccc1. The van der Waals surface area contributed by atoms with Gasteiger partial charge in [0, 0.05) is 5.33 Å². The summed E-state index contributed by atoms with van der Waals surface area (Å²) >= 11 is 3.52. The van der Waals surface area contributed by atoms with Crippen LogP contribution in [0.5, 0.6) is 0 Å². The normalized spacial score (nSPS) is 15.3. The molecule has 0 aliphatic heterocycles. The van der Waals surface area contributed by atoms with Crippen molar-refractivity contribution in [1.29, 1.82) is 0 Å². The first kappa shape index (κ1) is 10.8. The molecule has 1 aromatic carbocycles. The summed E-state index contributed by atoms with van der Waals surface area (Å²) in [6.07, 6.45) is 2.40. The van der Waals surface area contributed by atoms with E-state index in [2.05, 4.69) is 60.1 Å². The predicted molar refractivity (Wildman–Crippen MR) is 62.5 cm³/mol. The van der Waals surface area contributed by atoms with Gasteiger partial charge in [-0.1, -0.05) is 60.1 Å². The van der Waals surface area contributed by atoms with E-state index in [-0.39, 0.29) is 0 Å². The van der Waals surface area contributed by atoms with Crippen molar-refractivity contribution in [2.45, 2.75) is 32.1 Å². The molecule has 0 N–H and O–H groups in total. The Hall–Kier alpha value is -0.300. The van der Waals surface area contributed by atoms with Crippen LogP contribution in [0.15, 0.2) is 30.3 Å². The molecule has 1 unspecified atom stereocenters. The van der Waals surface area contributed by atoms with Crippen molar-refractivity contribution in [3.63, 3.8) is 0 Å². The van der Waals surface area contributed by atoms with Crippen LogP contribution < -0.4 is 0 Å². The monoisotopic (exact) mass is 240 g/mol. The first-order chi connectivity index (χ1) is 6.23. The van der Waals surface area contributed by atoms with Crippen molar-refractivity contribution in [1.82, 2.24) is 0 Å². The van der Waals surface area contributed by atoms with Gasteiger partial charge in [-0.2, -0.15) is 0 Å². The summed E-state index contributed by atoms with van der Waals surface area (Å²) < 4.78 is 0. The van der Waals surface area contributed by atoms with Gasteiger partial charge >= 0.3 is 0 Å². The van der Waals surface area contributed by atoms with E-state index >= 15 is 0 Å². The quantitative estimate of drug-likeness (QED) is 0.695. The van der Waals surface area contributed by atoms with Crippen molar-refractivity contribution in [3.05, 3.63) is 35.9 Å². The minimum absolute atomic E-state index is 0.338. The Balaban J connectivity index is 2.89. The molecular weight excluding hydrogens is 224 g/mol. The van der Waals surface area contributed by atoms with Crippen LogP contribution in [0.3, 0.4) is 0 Å². The fourth-order valence-corrected chi connectivity index (χ4v) is 2.45. The van der Waals surface area contributed by atoms with Crippen LogP contribution in [0.4, 0.5) is 0 Å². The standard InChI is InChI=1S/C12H17Br/c1-3-12(2,9-10-13)11-7-5-4-6-8-11/h4-8H,3,9-10H2,1-2H3. The van der Waals surface area contributed by atoms with Crippen LogP contribution in [0.25, 0.3) is 0 Å². The van der Waals surface area contributed by atoms with E-state index in [1.54, 1.807) is 0 Å². The zero-order valence-electron chi connectivity index (χ0n) is 8.39. The summed E-state index contributed by atoms with van der Waals surface area (Å²) in [5.74, 6) is 0. The van der Waals surface area contributed by atoms with Gasteiger partial charge in [0.2, 0.25) is 0 Å². The van der Waals surface area contributed by atoms with E-state index in [0.29, 0.717) is 5.41 Å². The molecular formula is C12H17Br. The van der Waals surface area contributed by atoms with E-state index in [1.165, 1.54) is 18.4 Å². The number of halogens is 1. The van der Waals surface area contributed by atoms with Gasteiger partial charge in [0.1, 0.15) is 0 Å². The lowest BCUT2D eigenvalue weighted by molar-refractivity contribution is 0.444. The highest BCUT2D eigenvalue weighted by Gasteiger charge is 2.22. The Labute approximate surface area is 89.5 Å². The Morgan fingerprint density at radius 2 is 1.85 bits per heavy atom. The molecule has 0 fully saturated rings. The molecule has 0 nitrogen and oxygen atoms in total. The van der Waals surface area contributed by atoms with Crippen LogP contribution in [0.1, 0.15) is 32.3 Å². The summed E-state index contributed by atoms with van der Waals surface area (Å²) in [6.45, 7) is 4.60. The van der Waals surface area contributed by atoms with E-state index < -0.39 is 0 Å². The van der Waals surface area contributed by atoms with Crippen LogP contribution in [-0.4, -0.2) is 5.33 Å².